The van der Waals surface area contributed by atoms with Gasteiger partial charge in [-0.1, -0.05) is 6.92 Å². The van der Waals surface area contributed by atoms with Crippen molar-refractivity contribution in [2.75, 3.05) is 11.9 Å². The molecule has 0 aliphatic carbocycles. The largest absolute Gasteiger partial charge is 0.369 e. The number of hydrogen-bond donors (Lipinski definition) is 0. The highest BCUT2D eigenvalue weighted by Gasteiger charge is 2.34. The monoisotopic (exact) mass is 279 g/mol. The van der Waals surface area contributed by atoms with Gasteiger partial charge in [0.15, 0.2) is 0 Å². The summed E-state index contributed by atoms with van der Waals surface area (Å²) in [6.45, 7) is 8.79. The van der Waals surface area contributed by atoms with Crippen LogP contribution in [0.5, 0.6) is 0 Å². The van der Waals surface area contributed by atoms with E-state index in [-0.39, 0.29) is 11.1 Å². The van der Waals surface area contributed by atoms with Crippen LogP contribution in [0.1, 0.15) is 49.8 Å². The van der Waals surface area contributed by atoms with Crippen LogP contribution in [-0.4, -0.2) is 12.6 Å². The van der Waals surface area contributed by atoms with E-state index in [9.17, 15) is 0 Å². The number of nitrogens with zero attached hydrogens (tertiary/aromatic N) is 3. The molecule has 0 aromatic heterocycles. The van der Waals surface area contributed by atoms with Crippen LogP contribution in [0, 0.1) is 29.6 Å². The van der Waals surface area contributed by atoms with Crippen molar-refractivity contribution < 1.29 is 0 Å². The van der Waals surface area contributed by atoms with Crippen LogP contribution in [0.4, 0.5) is 5.69 Å². The van der Waals surface area contributed by atoms with Gasteiger partial charge in [-0.2, -0.15) is 10.5 Å². The van der Waals surface area contributed by atoms with Crippen molar-refractivity contribution in [3.63, 3.8) is 0 Å². The maximum absolute atomic E-state index is 8.93. The number of aryl methyl sites for hydroxylation is 1. The van der Waals surface area contributed by atoms with Gasteiger partial charge in [0, 0.05) is 18.3 Å². The highest BCUT2D eigenvalue weighted by atomic mass is 15.2. The molecule has 0 fully saturated rings. The minimum Gasteiger partial charge on any atom is -0.369 e. The van der Waals surface area contributed by atoms with Gasteiger partial charge in [-0.3, -0.25) is 0 Å². The van der Waals surface area contributed by atoms with E-state index in [1.54, 1.807) is 6.08 Å². The highest BCUT2D eigenvalue weighted by Crippen LogP contribution is 2.43. The van der Waals surface area contributed by atoms with Gasteiger partial charge in [0.2, 0.25) is 0 Å². The lowest BCUT2D eigenvalue weighted by molar-refractivity contribution is 0.395. The molecule has 0 radical (unpaired) electrons. The quantitative estimate of drug-likeness (QED) is 0.726. The number of anilines is 1. The second-order valence-corrected chi connectivity index (χ2v) is 6.53. The van der Waals surface area contributed by atoms with Gasteiger partial charge in [-0.15, -0.1) is 0 Å². The van der Waals surface area contributed by atoms with E-state index in [2.05, 4.69) is 44.9 Å². The first-order valence-corrected chi connectivity index (χ1v) is 7.20. The smallest absolute Gasteiger partial charge is 0.130 e. The molecular weight excluding hydrogens is 258 g/mol. The van der Waals surface area contributed by atoms with Crippen molar-refractivity contribution in [3.8, 4) is 12.1 Å². The van der Waals surface area contributed by atoms with Gasteiger partial charge < -0.3 is 4.90 Å². The maximum Gasteiger partial charge on any atom is 0.130 e. The summed E-state index contributed by atoms with van der Waals surface area (Å²) in [4.78, 5) is 2.33. The fourth-order valence-corrected chi connectivity index (χ4v) is 3.14. The number of benzene rings is 1. The van der Waals surface area contributed by atoms with E-state index in [1.165, 1.54) is 11.3 Å². The van der Waals surface area contributed by atoms with Crippen molar-refractivity contribution >= 4 is 11.8 Å². The van der Waals surface area contributed by atoms with Crippen LogP contribution < -0.4 is 4.90 Å². The number of fused-ring (bicyclic) bond motifs is 1. The molecule has 1 aromatic rings. The summed E-state index contributed by atoms with van der Waals surface area (Å²) in [7, 11) is 2.13. The van der Waals surface area contributed by atoms with E-state index in [1.807, 2.05) is 19.1 Å². The molecule has 21 heavy (non-hydrogen) atoms. The minimum absolute atomic E-state index is 0.140. The topological polar surface area (TPSA) is 50.8 Å². The second kappa shape index (κ2) is 5.26. The van der Waals surface area contributed by atoms with Gasteiger partial charge in [-0.05, 0) is 68.0 Å². The summed E-state index contributed by atoms with van der Waals surface area (Å²) < 4.78 is 0. The Morgan fingerprint density at radius 1 is 1.33 bits per heavy atom. The van der Waals surface area contributed by atoms with E-state index in [0.29, 0.717) is 5.92 Å². The fourth-order valence-electron chi connectivity index (χ4n) is 3.14. The summed E-state index contributed by atoms with van der Waals surface area (Å²) >= 11 is 0. The fraction of sp³-hybridized carbons (Fsp3) is 0.444. The summed E-state index contributed by atoms with van der Waals surface area (Å²) in [5.74, 6) is 0.464. The Balaban J connectivity index is 2.60. The van der Waals surface area contributed by atoms with Crippen molar-refractivity contribution in [2.45, 2.75) is 45.6 Å². The second-order valence-electron chi connectivity index (χ2n) is 6.53. The normalized spacial score (nSPS) is 19.2. The lowest BCUT2D eigenvalue weighted by Gasteiger charge is -2.45. The minimum atomic E-state index is 0.140. The predicted octanol–water partition coefficient (Wildman–Crippen LogP) is 4.15. The number of rotatable bonds is 1. The molecule has 0 N–H and O–H groups in total. The summed E-state index contributed by atoms with van der Waals surface area (Å²) in [5.41, 5.74) is 4.89. The van der Waals surface area contributed by atoms with E-state index < -0.39 is 0 Å². The van der Waals surface area contributed by atoms with Crippen LogP contribution in [0.15, 0.2) is 17.7 Å². The Morgan fingerprint density at radius 3 is 2.52 bits per heavy atom. The molecule has 1 atom stereocenters. The number of hydrogen-bond acceptors (Lipinski definition) is 3. The summed E-state index contributed by atoms with van der Waals surface area (Å²) in [6.07, 6.45) is 2.77. The Hall–Kier alpha value is -2.26. The van der Waals surface area contributed by atoms with E-state index in [0.717, 1.165) is 17.5 Å². The molecule has 3 heteroatoms. The molecule has 1 aromatic carbocycles. The molecule has 0 saturated heterocycles. The molecule has 1 aliphatic rings. The average Bonchev–Trinajstić information content (AvgIpc) is 2.43. The van der Waals surface area contributed by atoms with Crippen molar-refractivity contribution in [1.29, 1.82) is 10.5 Å². The van der Waals surface area contributed by atoms with Gasteiger partial charge in [0.25, 0.3) is 0 Å². The van der Waals surface area contributed by atoms with Crippen LogP contribution >= 0.6 is 0 Å². The van der Waals surface area contributed by atoms with Crippen LogP contribution in [0.25, 0.3) is 6.08 Å². The zero-order valence-corrected chi connectivity index (χ0v) is 13.4. The number of allylic oxidation sites excluding steroid dienone is 1. The molecule has 0 spiro atoms. The van der Waals surface area contributed by atoms with E-state index in [4.69, 9.17) is 10.5 Å². The van der Waals surface area contributed by atoms with Crippen molar-refractivity contribution in [1.82, 2.24) is 0 Å². The third kappa shape index (κ3) is 2.65. The molecule has 2 rings (SSSR count). The first-order chi connectivity index (χ1) is 9.80. The molecular formula is C18H21N3. The molecule has 3 nitrogen and oxygen atoms in total. The molecule has 0 amide bonds. The molecule has 1 aliphatic heterocycles. The van der Waals surface area contributed by atoms with Crippen LogP contribution in [0.2, 0.25) is 0 Å². The van der Waals surface area contributed by atoms with Gasteiger partial charge in [0.05, 0.1) is 0 Å². The molecule has 0 saturated carbocycles. The third-order valence-electron chi connectivity index (χ3n) is 4.56. The first kappa shape index (κ1) is 15.1. The van der Waals surface area contributed by atoms with Gasteiger partial charge >= 0.3 is 0 Å². The van der Waals surface area contributed by atoms with Crippen molar-refractivity contribution in [3.05, 3.63) is 34.4 Å². The maximum atomic E-state index is 8.93. The van der Waals surface area contributed by atoms with Gasteiger partial charge in [0.1, 0.15) is 17.7 Å². The van der Waals surface area contributed by atoms with Crippen LogP contribution in [0.3, 0.4) is 0 Å². The van der Waals surface area contributed by atoms with Gasteiger partial charge in [-0.25, -0.2) is 0 Å². The Bertz CT molecular complexity index is 668. The highest BCUT2D eigenvalue weighted by molar-refractivity contribution is 5.70. The van der Waals surface area contributed by atoms with Crippen LogP contribution in [-0.2, 0) is 0 Å². The molecule has 1 unspecified atom stereocenters. The van der Waals surface area contributed by atoms with E-state index >= 15 is 0 Å². The average molecular weight is 279 g/mol. The SMILES string of the molecule is Cc1cc2c(cc1C=C(C#N)C#N)C(C)CC(C)(C)N2C. The molecule has 108 valence electrons. The standard InChI is InChI=1S/C18H21N3/c1-12-6-17-16(8-15(12)7-14(10-19)11-20)13(2)9-18(3,4)21(17)5/h6-8,13H,9H2,1-5H3. The zero-order chi connectivity index (χ0) is 15.8. The molecule has 0 bridgehead atoms. The lowest BCUT2D eigenvalue weighted by atomic mass is 9.79. The van der Waals surface area contributed by atoms with Crippen molar-refractivity contribution in [2.24, 2.45) is 0 Å². The summed E-state index contributed by atoms with van der Waals surface area (Å²) in [6, 6.07) is 8.17. The predicted molar refractivity (Wildman–Crippen MR) is 85.9 cm³/mol. The Morgan fingerprint density at radius 2 is 1.95 bits per heavy atom. The third-order valence-corrected chi connectivity index (χ3v) is 4.56. The zero-order valence-electron chi connectivity index (χ0n) is 13.4. The Labute approximate surface area is 127 Å². The Kier molecular flexibility index (Phi) is 3.79. The summed E-state index contributed by atoms with van der Waals surface area (Å²) in [5, 5.41) is 17.9. The molecule has 1 heterocycles. The first-order valence-electron chi connectivity index (χ1n) is 7.20. The number of nitriles is 2. The lowest BCUT2D eigenvalue weighted by Crippen LogP contribution is -2.45.